The predicted molar refractivity (Wildman–Crippen MR) is 256 cm³/mol. The van der Waals surface area contributed by atoms with Crippen LogP contribution in [0.4, 0.5) is 0 Å². The summed E-state index contributed by atoms with van der Waals surface area (Å²) in [6, 6.07) is 62.6. The fourth-order valence-electron chi connectivity index (χ4n) is 10.0. The van der Waals surface area contributed by atoms with Gasteiger partial charge >= 0.3 is 0 Å². The van der Waals surface area contributed by atoms with Crippen LogP contribution in [-0.4, -0.2) is 20.8 Å². The fourth-order valence-corrected chi connectivity index (χ4v) is 10.0. The van der Waals surface area contributed by atoms with Crippen LogP contribution in [0, 0.1) is 5.92 Å². The largest absolute Gasteiger partial charge is 0.456 e. The number of fused-ring (bicyclic) bond motifs is 10. The van der Waals surface area contributed by atoms with Crippen LogP contribution in [0.5, 0.6) is 0 Å². The van der Waals surface area contributed by atoms with Gasteiger partial charge in [-0.1, -0.05) is 134 Å². The second kappa shape index (κ2) is 13.5. The lowest BCUT2D eigenvalue weighted by Gasteiger charge is -2.24. The van der Waals surface area contributed by atoms with Crippen molar-refractivity contribution in [3.63, 3.8) is 0 Å². The molecular weight excluding hydrogens is 759 g/mol. The van der Waals surface area contributed by atoms with Crippen molar-refractivity contribution in [3.05, 3.63) is 210 Å². The van der Waals surface area contributed by atoms with Crippen molar-refractivity contribution in [2.45, 2.75) is 19.5 Å². The van der Waals surface area contributed by atoms with Crippen molar-refractivity contribution < 1.29 is 4.42 Å². The van der Waals surface area contributed by atoms with Gasteiger partial charge in [0.25, 0.3) is 0 Å². The molecular formula is C56H39N5O. The Morgan fingerprint density at radius 1 is 0.581 bits per heavy atom. The van der Waals surface area contributed by atoms with Crippen LogP contribution < -0.4 is 5.32 Å². The Balaban J connectivity index is 1.07. The summed E-state index contributed by atoms with van der Waals surface area (Å²) in [6.07, 6.45) is 5.25. The first-order chi connectivity index (χ1) is 30.6. The van der Waals surface area contributed by atoms with E-state index < -0.39 is 0 Å². The smallest absolute Gasteiger partial charge is 0.159 e. The van der Waals surface area contributed by atoms with Gasteiger partial charge in [0.1, 0.15) is 23.2 Å². The lowest BCUT2D eigenvalue weighted by atomic mass is 9.92. The number of benzene rings is 8. The Morgan fingerprint density at radius 3 is 2.15 bits per heavy atom. The third kappa shape index (κ3) is 5.36. The maximum atomic E-state index is 6.77. The molecule has 0 spiro atoms. The Labute approximate surface area is 357 Å². The van der Waals surface area contributed by atoms with Gasteiger partial charge < -0.3 is 18.9 Å². The monoisotopic (exact) mass is 797 g/mol. The molecule has 6 heteroatoms. The summed E-state index contributed by atoms with van der Waals surface area (Å²) >= 11 is 0. The number of aromatic nitrogens is 2. The van der Waals surface area contributed by atoms with E-state index in [4.69, 9.17) is 14.4 Å². The van der Waals surface area contributed by atoms with Crippen LogP contribution in [0.25, 0.3) is 82.9 Å². The van der Waals surface area contributed by atoms with Gasteiger partial charge in [0.2, 0.25) is 0 Å². The summed E-state index contributed by atoms with van der Waals surface area (Å²) in [5, 5.41) is 12.0. The predicted octanol–water partition coefficient (Wildman–Crippen LogP) is 13.5. The summed E-state index contributed by atoms with van der Waals surface area (Å²) < 4.78 is 11.6. The number of rotatable bonds is 5. The molecule has 1 N–H and O–H groups in total. The van der Waals surface area contributed by atoms with Gasteiger partial charge in [-0.3, -0.25) is 0 Å². The molecule has 0 radical (unpaired) electrons. The molecule has 0 saturated heterocycles. The molecule has 8 aromatic carbocycles. The molecule has 13 rings (SSSR count). The molecule has 11 aromatic rings. The van der Waals surface area contributed by atoms with Crippen LogP contribution >= 0.6 is 0 Å². The molecule has 0 amide bonds. The quantitative estimate of drug-likeness (QED) is 0.189. The van der Waals surface area contributed by atoms with E-state index in [2.05, 4.69) is 197 Å². The molecule has 1 aliphatic heterocycles. The van der Waals surface area contributed by atoms with Gasteiger partial charge in [-0.2, -0.15) is 0 Å². The van der Waals surface area contributed by atoms with Gasteiger partial charge in [0.15, 0.2) is 5.84 Å². The molecule has 2 atom stereocenters. The summed E-state index contributed by atoms with van der Waals surface area (Å²) in [5.74, 6) is 1.85. The second-order valence-electron chi connectivity index (χ2n) is 16.7. The highest BCUT2D eigenvalue weighted by molar-refractivity contribution is 6.23. The van der Waals surface area contributed by atoms with E-state index >= 15 is 0 Å². The zero-order valence-corrected chi connectivity index (χ0v) is 34.0. The standard InChI is InChI=1S/C56H39N5O/c1-34-24-27-48-44(28-34)45-29-36-16-8-9-17-37(36)30-50(45)61(48)40-32-46(53-43-21-11-13-23-51(43)62-52(53)33-40)56-58-54(35-14-4-2-5-15-35)57-55(59-56)38-25-26-42-41-20-10-12-22-47(41)60(49(42)31-38)39-18-6-3-7-19-39/h2-27,29-34,54H,28H2,1H3,(H,57,58,59). The lowest BCUT2D eigenvalue weighted by Crippen LogP contribution is -2.33. The van der Waals surface area contributed by atoms with E-state index in [0.29, 0.717) is 11.8 Å². The number of hydrogen-bond acceptors (Lipinski definition) is 4. The van der Waals surface area contributed by atoms with Crippen molar-refractivity contribution in [1.82, 2.24) is 14.5 Å². The van der Waals surface area contributed by atoms with Gasteiger partial charge in [-0.15, -0.1) is 0 Å². The highest BCUT2D eigenvalue weighted by Crippen LogP contribution is 2.41. The first-order valence-corrected chi connectivity index (χ1v) is 21.4. The Hall–Kier alpha value is -7.96. The lowest BCUT2D eigenvalue weighted by molar-refractivity contribution is 0.667. The molecule has 2 aliphatic rings. The number of nitrogens with zero attached hydrogens (tertiary/aromatic N) is 4. The van der Waals surface area contributed by atoms with Crippen LogP contribution in [0.15, 0.2) is 196 Å². The van der Waals surface area contributed by atoms with Gasteiger partial charge in [0.05, 0.1) is 22.2 Å². The number of allylic oxidation sites excluding steroid dienone is 1. The SMILES string of the molecule is CC1C=Cc2c(c3cc4ccccc4cc3n2-c2cc(C3=NC(c4ccc5c6ccccc6n(-c6ccccc6)c5c4)=NC(c4ccccc4)N3)c3c(c2)oc2ccccc23)C1. The molecule has 3 aromatic heterocycles. The summed E-state index contributed by atoms with van der Waals surface area (Å²) in [4.78, 5) is 10.9. The van der Waals surface area contributed by atoms with E-state index in [0.717, 1.165) is 73.3 Å². The molecule has 0 saturated carbocycles. The minimum absolute atomic E-state index is 0.387. The summed E-state index contributed by atoms with van der Waals surface area (Å²) in [5.41, 5.74) is 12.8. The molecule has 6 nitrogen and oxygen atoms in total. The number of nitrogens with one attached hydrogen (secondary N) is 1. The number of amidine groups is 2. The zero-order valence-electron chi connectivity index (χ0n) is 34.0. The van der Waals surface area contributed by atoms with Crippen LogP contribution in [0.2, 0.25) is 0 Å². The van der Waals surface area contributed by atoms with Gasteiger partial charge in [0, 0.05) is 55.5 Å². The van der Waals surface area contributed by atoms with Crippen molar-refractivity contribution in [3.8, 4) is 11.4 Å². The minimum Gasteiger partial charge on any atom is -0.456 e. The van der Waals surface area contributed by atoms with Crippen molar-refractivity contribution in [1.29, 1.82) is 0 Å². The van der Waals surface area contributed by atoms with Crippen LogP contribution in [0.3, 0.4) is 0 Å². The second-order valence-corrected chi connectivity index (χ2v) is 16.7. The van der Waals surface area contributed by atoms with Gasteiger partial charge in [-0.25, -0.2) is 9.98 Å². The van der Waals surface area contributed by atoms with Crippen molar-refractivity contribution >= 4 is 83.2 Å². The first kappa shape index (κ1) is 34.9. The number of furan rings is 1. The Bertz CT molecular complexity index is 3710. The molecule has 0 fully saturated rings. The summed E-state index contributed by atoms with van der Waals surface area (Å²) in [6.45, 7) is 2.30. The Morgan fingerprint density at radius 2 is 1.29 bits per heavy atom. The van der Waals surface area contributed by atoms with Gasteiger partial charge in [-0.05, 0) is 88.8 Å². The maximum absolute atomic E-state index is 6.77. The summed E-state index contributed by atoms with van der Waals surface area (Å²) in [7, 11) is 0. The average Bonchev–Trinajstić information content (AvgIpc) is 3.97. The zero-order chi connectivity index (χ0) is 40.9. The van der Waals surface area contributed by atoms with E-state index in [1.54, 1.807) is 0 Å². The Kier molecular flexibility index (Phi) is 7.61. The normalized spacial score (nSPS) is 16.3. The third-order valence-corrected chi connectivity index (χ3v) is 12.9. The van der Waals surface area contributed by atoms with E-state index in [-0.39, 0.29) is 6.17 Å². The first-order valence-electron chi connectivity index (χ1n) is 21.4. The molecule has 4 heterocycles. The fraction of sp³-hybridized carbons (Fsp3) is 0.0714. The van der Waals surface area contributed by atoms with E-state index in [1.807, 2.05) is 12.1 Å². The van der Waals surface area contributed by atoms with Crippen LogP contribution in [-0.2, 0) is 6.42 Å². The molecule has 294 valence electrons. The van der Waals surface area contributed by atoms with Crippen molar-refractivity contribution in [2.75, 3.05) is 0 Å². The maximum Gasteiger partial charge on any atom is 0.159 e. The molecule has 0 bridgehead atoms. The number of aliphatic imine (C=N–C) groups is 2. The highest BCUT2D eigenvalue weighted by atomic mass is 16.3. The molecule has 62 heavy (non-hydrogen) atoms. The van der Waals surface area contributed by atoms with Crippen molar-refractivity contribution in [2.24, 2.45) is 15.9 Å². The highest BCUT2D eigenvalue weighted by Gasteiger charge is 2.28. The molecule has 2 unspecified atom stereocenters. The average molecular weight is 798 g/mol. The van der Waals surface area contributed by atoms with Crippen LogP contribution in [0.1, 0.15) is 41.0 Å². The van der Waals surface area contributed by atoms with E-state index in [9.17, 15) is 0 Å². The minimum atomic E-state index is -0.387. The third-order valence-electron chi connectivity index (χ3n) is 12.9. The molecule has 1 aliphatic carbocycles. The topological polar surface area (TPSA) is 59.8 Å². The van der Waals surface area contributed by atoms with E-state index in [1.165, 1.54) is 43.7 Å². The number of hydrogen-bond donors (Lipinski definition) is 1. The number of para-hydroxylation sites is 3.